The highest BCUT2D eigenvalue weighted by atomic mass is 32.2. The second-order valence-electron chi connectivity index (χ2n) is 5.05. The number of sulfone groups is 1. The molecule has 3 nitrogen and oxygen atoms in total. The van der Waals surface area contributed by atoms with E-state index >= 15 is 0 Å². The summed E-state index contributed by atoms with van der Waals surface area (Å²) < 4.78 is 23.5. The third kappa shape index (κ3) is 1.66. The molecule has 0 aromatic heterocycles. The maximum absolute atomic E-state index is 11.8. The molecule has 0 spiro atoms. The van der Waals surface area contributed by atoms with Crippen LogP contribution in [-0.2, 0) is 22.7 Å². The highest BCUT2D eigenvalue weighted by Crippen LogP contribution is 2.36. The van der Waals surface area contributed by atoms with E-state index < -0.39 is 9.84 Å². The Hall–Kier alpha value is -0.870. The molecule has 1 aliphatic heterocycles. The molecule has 0 saturated heterocycles. The van der Waals surface area contributed by atoms with Crippen LogP contribution < -0.4 is 5.73 Å². The van der Waals surface area contributed by atoms with E-state index in [0.717, 1.165) is 30.4 Å². The lowest BCUT2D eigenvalue weighted by molar-refractivity contribution is 0.599. The highest BCUT2D eigenvalue weighted by molar-refractivity contribution is 7.91. The first-order valence-corrected chi connectivity index (χ1v) is 7.27. The molecule has 0 unspecified atom stereocenters. The monoisotopic (exact) mass is 237 g/mol. The van der Waals surface area contributed by atoms with Crippen LogP contribution in [0, 0.1) is 0 Å². The van der Waals surface area contributed by atoms with Gasteiger partial charge in [0.15, 0.2) is 9.84 Å². The molecule has 1 saturated carbocycles. The second-order valence-corrected chi connectivity index (χ2v) is 7.13. The quantitative estimate of drug-likeness (QED) is 0.836. The number of fused-ring (bicyclic) bond motifs is 1. The van der Waals surface area contributed by atoms with Gasteiger partial charge >= 0.3 is 0 Å². The predicted molar refractivity (Wildman–Crippen MR) is 62.1 cm³/mol. The highest BCUT2D eigenvalue weighted by Gasteiger charge is 2.38. The first kappa shape index (κ1) is 10.3. The van der Waals surface area contributed by atoms with Crippen molar-refractivity contribution in [1.29, 1.82) is 0 Å². The molecule has 0 bridgehead atoms. The fourth-order valence-corrected chi connectivity index (χ4v) is 3.91. The summed E-state index contributed by atoms with van der Waals surface area (Å²) in [6, 6.07) is 5.79. The smallest absolute Gasteiger partial charge is 0.178 e. The van der Waals surface area contributed by atoms with Gasteiger partial charge in [-0.25, -0.2) is 8.42 Å². The summed E-state index contributed by atoms with van der Waals surface area (Å²) in [4.78, 5) is 0.536. The van der Waals surface area contributed by atoms with E-state index in [9.17, 15) is 8.42 Å². The van der Waals surface area contributed by atoms with Gasteiger partial charge in [0.05, 0.1) is 10.6 Å². The molecule has 0 radical (unpaired) electrons. The van der Waals surface area contributed by atoms with Gasteiger partial charge in [-0.05, 0) is 42.9 Å². The summed E-state index contributed by atoms with van der Waals surface area (Å²) in [5, 5.41) is 0. The van der Waals surface area contributed by atoms with Crippen LogP contribution in [0.25, 0.3) is 0 Å². The van der Waals surface area contributed by atoms with Crippen molar-refractivity contribution in [2.75, 3.05) is 5.75 Å². The van der Waals surface area contributed by atoms with E-state index in [4.69, 9.17) is 5.73 Å². The molecule has 1 aromatic rings. The molecule has 0 amide bonds. The number of aryl methyl sites for hydroxylation is 1. The molecule has 0 atom stereocenters. The van der Waals surface area contributed by atoms with Gasteiger partial charge in [0, 0.05) is 5.54 Å². The number of rotatable bonds is 2. The summed E-state index contributed by atoms with van der Waals surface area (Å²) in [6.07, 6.45) is 3.56. The topological polar surface area (TPSA) is 60.2 Å². The van der Waals surface area contributed by atoms with Crippen LogP contribution in [0.15, 0.2) is 23.1 Å². The zero-order valence-electron chi connectivity index (χ0n) is 9.07. The Bertz CT molecular complexity index is 544. The summed E-state index contributed by atoms with van der Waals surface area (Å²) >= 11 is 0. The lowest BCUT2D eigenvalue weighted by Gasteiger charge is -2.09. The minimum Gasteiger partial charge on any atom is -0.325 e. The van der Waals surface area contributed by atoms with Gasteiger partial charge in [-0.3, -0.25) is 0 Å². The Labute approximate surface area is 95.6 Å². The van der Waals surface area contributed by atoms with Gasteiger partial charge < -0.3 is 5.73 Å². The van der Waals surface area contributed by atoms with Gasteiger partial charge in [0.25, 0.3) is 0 Å². The van der Waals surface area contributed by atoms with Crippen molar-refractivity contribution in [2.45, 2.75) is 36.1 Å². The minimum absolute atomic E-state index is 0.0589. The van der Waals surface area contributed by atoms with Gasteiger partial charge in [0.1, 0.15) is 0 Å². The van der Waals surface area contributed by atoms with E-state index in [-0.39, 0.29) is 11.3 Å². The Morgan fingerprint density at radius 1 is 1.31 bits per heavy atom. The van der Waals surface area contributed by atoms with Crippen LogP contribution in [0.4, 0.5) is 0 Å². The maximum atomic E-state index is 11.8. The van der Waals surface area contributed by atoms with E-state index in [2.05, 4.69) is 0 Å². The lowest BCUT2D eigenvalue weighted by Crippen LogP contribution is -2.24. The third-order valence-corrected chi connectivity index (χ3v) is 5.35. The van der Waals surface area contributed by atoms with Gasteiger partial charge in [-0.1, -0.05) is 12.1 Å². The van der Waals surface area contributed by atoms with Crippen molar-refractivity contribution < 1.29 is 8.42 Å². The van der Waals surface area contributed by atoms with Gasteiger partial charge in [-0.2, -0.15) is 0 Å². The second kappa shape index (κ2) is 3.08. The van der Waals surface area contributed by atoms with Crippen molar-refractivity contribution >= 4 is 9.84 Å². The van der Waals surface area contributed by atoms with E-state index in [1.807, 2.05) is 18.2 Å². The molecule has 1 aliphatic carbocycles. The van der Waals surface area contributed by atoms with Gasteiger partial charge in [0.2, 0.25) is 0 Å². The largest absolute Gasteiger partial charge is 0.325 e. The molecule has 86 valence electrons. The van der Waals surface area contributed by atoms with Gasteiger partial charge in [-0.15, -0.1) is 0 Å². The average molecular weight is 237 g/mol. The molecule has 1 fully saturated rings. The first-order chi connectivity index (χ1) is 7.49. The standard InChI is InChI=1S/C12H15NO2S/c13-12(4-5-12)8-9-1-2-10-3-6-16(14,15)11(10)7-9/h1-2,7H,3-6,8,13H2. The predicted octanol–water partition coefficient (Wildman–Crippen LogP) is 1.05. The van der Waals surface area contributed by atoms with Crippen LogP contribution in [-0.4, -0.2) is 19.7 Å². The van der Waals surface area contributed by atoms with E-state index in [0.29, 0.717) is 11.3 Å². The Kier molecular flexibility index (Phi) is 1.98. The zero-order valence-corrected chi connectivity index (χ0v) is 9.89. The number of hydrogen-bond donors (Lipinski definition) is 1. The normalized spacial score (nSPS) is 24.1. The molecule has 2 N–H and O–H groups in total. The van der Waals surface area contributed by atoms with Crippen LogP contribution in [0.1, 0.15) is 24.0 Å². The van der Waals surface area contributed by atoms with E-state index in [1.165, 1.54) is 0 Å². The maximum Gasteiger partial charge on any atom is 0.178 e. The first-order valence-electron chi connectivity index (χ1n) is 5.62. The fraction of sp³-hybridized carbons (Fsp3) is 0.500. The molecular weight excluding hydrogens is 222 g/mol. The fourth-order valence-electron chi connectivity index (χ4n) is 2.30. The van der Waals surface area contributed by atoms with Crippen molar-refractivity contribution in [3.05, 3.63) is 29.3 Å². The SMILES string of the molecule is NC1(Cc2ccc3c(c2)S(=O)(=O)CC3)CC1. The third-order valence-electron chi connectivity index (χ3n) is 3.56. The minimum atomic E-state index is -3.00. The summed E-state index contributed by atoms with van der Waals surface area (Å²) in [5.74, 6) is 0.263. The van der Waals surface area contributed by atoms with Crippen LogP contribution in [0.5, 0.6) is 0 Å². The Morgan fingerprint density at radius 2 is 2.06 bits per heavy atom. The van der Waals surface area contributed by atoms with Crippen molar-refractivity contribution in [3.8, 4) is 0 Å². The number of hydrogen-bond acceptors (Lipinski definition) is 3. The summed E-state index contributed by atoms with van der Waals surface area (Å²) in [7, 11) is -3.00. The molecule has 1 heterocycles. The van der Waals surface area contributed by atoms with Crippen LogP contribution >= 0.6 is 0 Å². The molecule has 2 aliphatic rings. The molecule has 16 heavy (non-hydrogen) atoms. The number of nitrogens with two attached hydrogens (primary N) is 1. The molecule has 1 aromatic carbocycles. The van der Waals surface area contributed by atoms with E-state index in [1.54, 1.807) is 0 Å². The number of benzene rings is 1. The Balaban J connectivity index is 1.99. The van der Waals surface area contributed by atoms with Crippen molar-refractivity contribution in [3.63, 3.8) is 0 Å². The summed E-state index contributed by atoms with van der Waals surface area (Å²) in [6.45, 7) is 0. The lowest BCUT2D eigenvalue weighted by atomic mass is 10.0. The zero-order chi connectivity index (χ0) is 11.4. The average Bonchev–Trinajstić information content (AvgIpc) is 2.86. The molecule has 4 heteroatoms. The van der Waals surface area contributed by atoms with Crippen molar-refractivity contribution in [1.82, 2.24) is 0 Å². The van der Waals surface area contributed by atoms with Crippen LogP contribution in [0.3, 0.4) is 0 Å². The molecular formula is C12H15NO2S. The van der Waals surface area contributed by atoms with Crippen LogP contribution in [0.2, 0.25) is 0 Å². The van der Waals surface area contributed by atoms with Crippen molar-refractivity contribution in [2.24, 2.45) is 5.73 Å². The Morgan fingerprint density at radius 3 is 2.75 bits per heavy atom. The summed E-state index contributed by atoms with van der Waals surface area (Å²) in [5.41, 5.74) is 8.01. The molecule has 3 rings (SSSR count).